The minimum Gasteiger partial charge on any atom is -0.313 e. The zero-order valence-corrected chi connectivity index (χ0v) is 14.4. The predicted octanol–water partition coefficient (Wildman–Crippen LogP) is 4.01. The van der Waals surface area contributed by atoms with Gasteiger partial charge in [0, 0.05) is 28.9 Å². The first-order chi connectivity index (χ1) is 9.49. The number of thiophene rings is 1. The molecule has 0 saturated carbocycles. The molecule has 2 rings (SSSR count). The number of nitrogens with zero attached hydrogens (tertiary/aromatic N) is 1. The molecule has 114 valence electrons. The van der Waals surface area contributed by atoms with Crippen LogP contribution < -0.4 is 5.32 Å². The quantitative estimate of drug-likeness (QED) is 0.853. The summed E-state index contributed by atoms with van der Waals surface area (Å²) < 4.78 is 0. The number of nitrogens with one attached hydrogen (secondary N) is 1. The molecule has 0 radical (unpaired) electrons. The van der Waals surface area contributed by atoms with Gasteiger partial charge < -0.3 is 5.32 Å². The van der Waals surface area contributed by atoms with Crippen molar-refractivity contribution in [2.24, 2.45) is 0 Å². The van der Waals surface area contributed by atoms with E-state index in [0.29, 0.717) is 6.04 Å². The Morgan fingerprint density at radius 2 is 2.15 bits per heavy atom. The average molecular weight is 295 g/mol. The van der Waals surface area contributed by atoms with E-state index in [1.165, 1.54) is 48.7 Å². The Morgan fingerprint density at radius 1 is 1.35 bits per heavy atom. The monoisotopic (exact) mass is 294 g/mol. The average Bonchev–Trinajstić information content (AvgIpc) is 2.99. The van der Waals surface area contributed by atoms with E-state index in [1.807, 2.05) is 11.3 Å². The standard InChI is InChI=1S/C17H30N2S/c1-5-11-19(12-14-7-6-10-18-14)13-15-8-9-16(20-15)17(2,3)4/h8-9,14,18H,5-7,10-13H2,1-4H3. The Kier molecular flexibility index (Phi) is 5.65. The van der Waals surface area contributed by atoms with Crippen LogP contribution in [0.15, 0.2) is 12.1 Å². The molecule has 1 aromatic heterocycles. The second kappa shape index (κ2) is 7.06. The first-order valence-corrected chi connectivity index (χ1v) is 8.85. The van der Waals surface area contributed by atoms with Gasteiger partial charge in [-0.05, 0) is 49.9 Å². The highest BCUT2D eigenvalue weighted by Gasteiger charge is 2.20. The molecule has 1 atom stereocenters. The van der Waals surface area contributed by atoms with Gasteiger partial charge in [0.1, 0.15) is 0 Å². The number of rotatable bonds is 6. The first-order valence-electron chi connectivity index (χ1n) is 8.04. The summed E-state index contributed by atoms with van der Waals surface area (Å²) >= 11 is 1.99. The molecule has 20 heavy (non-hydrogen) atoms. The van der Waals surface area contributed by atoms with Crippen molar-refractivity contribution in [3.8, 4) is 0 Å². The van der Waals surface area contributed by atoms with Gasteiger partial charge in [-0.2, -0.15) is 0 Å². The summed E-state index contributed by atoms with van der Waals surface area (Å²) in [6.07, 6.45) is 3.93. The molecule has 1 fully saturated rings. The van der Waals surface area contributed by atoms with Crippen molar-refractivity contribution in [3.05, 3.63) is 21.9 Å². The van der Waals surface area contributed by atoms with Crippen LogP contribution in [-0.4, -0.2) is 30.6 Å². The van der Waals surface area contributed by atoms with Gasteiger partial charge in [-0.25, -0.2) is 0 Å². The van der Waals surface area contributed by atoms with E-state index in [4.69, 9.17) is 0 Å². The van der Waals surface area contributed by atoms with Crippen molar-refractivity contribution in [2.75, 3.05) is 19.6 Å². The third kappa shape index (κ3) is 4.57. The SMILES string of the molecule is CCCN(Cc1ccc(C(C)(C)C)s1)CC1CCCN1. The molecule has 0 spiro atoms. The molecule has 0 aliphatic carbocycles. The van der Waals surface area contributed by atoms with Crippen molar-refractivity contribution >= 4 is 11.3 Å². The number of hydrogen-bond donors (Lipinski definition) is 1. The smallest absolute Gasteiger partial charge is 0.0328 e. The van der Waals surface area contributed by atoms with E-state index >= 15 is 0 Å². The highest BCUT2D eigenvalue weighted by Crippen LogP contribution is 2.30. The van der Waals surface area contributed by atoms with Gasteiger partial charge in [0.15, 0.2) is 0 Å². The van der Waals surface area contributed by atoms with Crippen molar-refractivity contribution in [3.63, 3.8) is 0 Å². The third-order valence-corrected chi connectivity index (χ3v) is 5.46. The van der Waals surface area contributed by atoms with Crippen LogP contribution in [0.4, 0.5) is 0 Å². The molecule has 1 saturated heterocycles. The summed E-state index contributed by atoms with van der Waals surface area (Å²) in [5.74, 6) is 0. The minimum atomic E-state index is 0.283. The van der Waals surface area contributed by atoms with Crippen LogP contribution in [0, 0.1) is 0 Å². The van der Waals surface area contributed by atoms with Crippen LogP contribution in [0.1, 0.15) is 56.7 Å². The van der Waals surface area contributed by atoms with Crippen molar-refractivity contribution in [2.45, 2.75) is 65.0 Å². The van der Waals surface area contributed by atoms with Gasteiger partial charge in [0.05, 0.1) is 0 Å². The summed E-state index contributed by atoms with van der Waals surface area (Å²) in [7, 11) is 0. The lowest BCUT2D eigenvalue weighted by Gasteiger charge is -2.24. The van der Waals surface area contributed by atoms with Crippen molar-refractivity contribution in [1.82, 2.24) is 10.2 Å². The fourth-order valence-electron chi connectivity index (χ4n) is 2.86. The van der Waals surface area contributed by atoms with Crippen LogP contribution in [0.5, 0.6) is 0 Å². The topological polar surface area (TPSA) is 15.3 Å². The Bertz CT molecular complexity index is 399. The molecule has 1 N–H and O–H groups in total. The van der Waals surface area contributed by atoms with Crippen LogP contribution >= 0.6 is 11.3 Å². The molecule has 2 heterocycles. The lowest BCUT2D eigenvalue weighted by molar-refractivity contribution is 0.243. The van der Waals surface area contributed by atoms with E-state index in [2.05, 4.69) is 50.0 Å². The Morgan fingerprint density at radius 3 is 2.70 bits per heavy atom. The molecule has 1 aliphatic rings. The summed E-state index contributed by atoms with van der Waals surface area (Å²) in [5.41, 5.74) is 0.283. The van der Waals surface area contributed by atoms with Crippen LogP contribution in [-0.2, 0) is 12.0 Å². The zero-order chi connectivity index (χ0) is 14.6. The van der Waals surface area contributed by atoms with E-state index in [1.54, 1.807) is 0 Å². The Labute approximate surface area is 128 Å². The minimum absolute atomic E-state index is 0.283. The molecule has 0 bridgehead atoms. The van der Waals surface area contributed by atoms with E-state index < -0.39 is 0 Å². The van der Waals surface area contributed by atoms with Crippen LogP contribution in [0.2, 0.25) is 0 Å². The largest absolute Gasteiger partial charge is 0.313 e. The zero-order valence-electron chi connectivity index (χ0n) is 13.5. The molecular formula is C17H30N2S. The molecule has 1 unspecified atom stereocenters. The molecule has 2 nitrogen and oxygen atoms in total. The van der Waals surface area contributed by atoms with Crippen molar-refractivity contribution < 1.29 is 0 Å². The second-order valence-corrected chi connectivity index (χ2v) is 8.21. The van der Waals surface area contributed by atoms with Gasteiger partial charge in [0.25, 0.3) is 0 Å². The van der Waals surface area contributed by atoms with Gasteiger partial charge in [-0.15, -0.1) is 11.3 Å². The lowest BCUT2D eigenvalue weighted by Crippen LogP contribution is -2.37. The normalized spacial score (nSPS) is 19.9. The maximum atomic E-state index is 3.62. The van der Waals surface area contributed by atoms with Gasteiger partial charge >= 0.3 is 0 Å². The van der Waals surface area contributed by atoms with Crippen LogP contribution in [0.25, 0.3) is 0 Å². The van der Waals surface area contributed by atoms with E-state index in [9.17, 15) is 0 Å². The fraction of sp³-hybridized carbons (Fsp3) is 0.765. The first kappa shape index (κ1) is 16.0. The van der Waals surface area contributed by atoms with Gasteiger partial charge in [0.2, 0.25) is 0 Å². The summed E-state index contributed by atoms with van der Waals surface area (Å²) in [4.78, 5) is 5.64. The third-order valence-electron chi connectivity index (χ3n) is 3.96. The fourth-order valence-corrected chi connectivity index (χ4v) is 3.97. The molecule has 3 heteroatoms. The predicted molar refractivity (Wildman–Crippen MR) is 89.6 cm³/mol. The van der Waals surface area contributed by atoms with Crippen molar-refractivity contribution in [1.29, 1.82) is 0 Å². The summed E-state index contributed by atoms with van der Waals surface area (Å²) in [5, 5.41) is 3.62. The maximum Gasteiger partial charge on any atom is 0.0328 e. The van der Waals surface area contributed by atoms with Crippen LogP contribution in [0.3, 0.4) is 0 Å². The summed E-state index contributed by atoms with van der Waals surface area (Å²) in [6, 6.07) is 5.36. The summed E-state index contributed by atoms with van der Waals surface area (Å²) in [6.45, 7) is 13.9. The molecular weight excluding hydrogens is 264 g/mol. The number of hydrogen-bond acceptors (Lipinski definition) is 3. The highest BCUT2D eigenvalue weighted by atomic mass is 32.1. The highest BCUT2D eigenvalue weighted by molar-refractivity contribution is 7.12. The van der Waals surface area contributed by atoms with E-state index in [0.717, 1.165) is 6.54 Å². The molecule has 0 aromatic carbocycles. The Hall–Kier alpha value is -0.380. The molecule has 1 aliphatic heterocycles. The molecule has 1 aromatic rings. The van der Waals surface area contributed by atoms with E-state index in [-0.39, 0.29) is 5.41 Å². The lowest BCUT2D eigenvalue weighted by atomic mass is 9.95. The molecule has 0 amide bonds. The van der Waals surface area contributed by atoms with Gasteiger partial charge in [-0.3, -0.25) is 4.90 Å². The Balaban J connectivity index is 1.94. The second-order valence-electron chi connectivity index (χ2n) is 7.04. The van der Waals surface area contributed by atoms with Gasteiger partial charge in [-0.1, -0.05) is 27.7 Å². The maximum absolute atomic E-state index is 3.62.